The molecule has 94 valence electrons. The van der Waals surface area contributed by atoms with Crippen molar-refractivity contribution >= 4 is 17.3 Å². The van der Waals surface area contributed by atoms with Crippen LogP contribution in [0.25, 0.3) is 0 Å². The van der Waals surface area contributed by atoms with E-state index < -0.39 is 5.82 Å². The average Bonchev–Trinajstić information content (AvgIpc) is 2.20. The fraction of sp³-hybridized carbons (Fsp3) is 0.417. The number of amides is 1. The van der Waals surface area contributed by atoms with Crippen LogP contribution in [0.3, 0.4) is 0 Å². The summed E-state index contributed by atoms with van der Waals surface area (Å²) >= 11 is 0. The molecule has 0 aliphatic rings. The van der Waals surface area contributed by atoms with E-state index in [2.05, 4.69) is 5.32 Å². The SMILES string of the molecule is CC(C)(C)OCC(=O)Nc1ccc(N)c(F)c1. The molecule has 0 aromatic heterocycles. The molecule has 0 bridgehead atoms. The van der Waals surface area contributed by atoms with Gasteiger partial charge in [0.2, 0.25) is 5.91 Å². The summed E-state index contributed by atoms with van der Waals surface area (Å²) in [4.78, 5) is 11.5. The number of benzene rings is 1. The second kappa shape index (κ2) is 5.14. The van der Waals surface area contributed by atoms with Crippen LogP contribution in [0.2, 0.25) is 0 Å². The van der Waals surface area contributed by atoms with Gasteiger partial charge in [-0.2, -0.15) is 0 Å². The van der Waals surface area contributed by atoms with Gasteiger partial charge in [-0.15, -0.1) is 0 Å². The third-order valence-corrected chi connectivity index (χ3v) is 1.92. The van der Waals surface area contributed by atoms with Gasteiger partial charge in [-0.05, 0) is 39.0 Å². The molecule has 0 heterocycles. The van der Waals surface area contributed by atoms with Gasteiger partial charge >= 0.3 is 0 Å². The van der Waals surface area contributed by atoms with Gasteiger partial charge in [-0.25, -0.2) is 4.39 Å². The van der Waals surface area contributed by atoms with E-state index in [0.29, 0.717) is 5.69 Å². The standard InChI is InChI=1S/C12H17FN2O2/c1-12(2,3)17-7-11(16)15-8-4-5-10(14)9(13)6-8/h4-6H,7,14H2,1-3H3,(H,15,16). The summed E-state index contributed by atoms with van der Waals surface area (Å²) in [5.41, 5.74) is 5.35. The first-order chi connectivity index (χ1) is 7.78. The molecule has 0 unspecified atom stereocenters. The molecule has 0 spiro atoms. The second-order valence-electron chi connectivity index (χ2n) is 4.69. The predicted octanol–water partition coefficient (Wildman–Crippen LogP) is 2.16. The molecule has 1 amide bonds. The lowest BCUT2D eigenvalue weighted by Crippen LogP contribution is -2.27. The Labute approximate surface area is 100.0 Å². The first kappa shape index (κ1) is 13.4. The Balaban J connectivity index is 2.54. The van der Waals surface area contributed by atoms with Crippen LogP contribution >= 0.6 is 0 Å². The van der Waals surface area contributed by atoms with Gasteiger partial charge in [0.25, 0.3) is 0 Å². The molecule has 0 fully saturated rings. The third kappa shape index (κ3) is 4.82. The first-order valence-electron chi connectivity index (χ1n) is 5.27. The largest absolute Gasteiger partial charge is 0.396 e. The fourth-order valence-corrected chi connectivity index (χ4v) is 1.08. The van der Waals surface area contributed by atoms with Gasteiger partial charge in [-0.1, -0.05) is 0 Å². The first-order valence-corrected chi connectivity index (χ1v) is 5.27. The topological polar surface area (TPSA) is 64.3 Å². The molecule has 0 saturated carbocycles. The van der Waals surface area contributed by atoms with Crippen LogP contribution < -0.4 is 11.1 Å². The Morgan fingerprint density at radius 3 is 2.65 bits per heavy atom. The van der Waals surface area contributed by atoms with Gasteiger partial charge < -0.3 is 15.8 Å². The monoisotopic (exact) mass is 240 g/mol. The summed E-state index contributed by atoms with van der Waals surface area (Å²) in [6, 6.07) is 4.10. The minimum Gasteiger partial charge on any atom is -0.396 e. The Morgan fingerprint density at radius 2 is 2.12 bits per heavy atom. The maximum Gasteiger partial charge on any atom is 0.250 e. The van der Waals surface area contributed by atoms with E-state index in [1.165, 1.54) is 18.2 Å². The van der Waals surface area contributed by atoms with Crippen LogP contribution in [0.4, 0.5) is 15.8 Å². The summed E-state index contributed by atoms with van der Waals surface area (Å²) in [5.74, 6) is -0.886. The summed E-state index contributed by atoms with van der Waals surface area (Å²) in [7, 11) is 0. The lowest BCUT2D eigenvalue weighted by Gasteiger charge is -2.19. The third-order valence-electron chi connectivity index (χ3n) is 1.92. The van der Waals surface area contributed by atoms with E-state index in [0.717, 1.165) is 0 Å². The highest BCUT2D eigenvalue weighted by molar-refractivity contribution is 5.91. The van der Waals surface area contributed by atoms with Crippen molar-refractivity contribution in [3.8, 4) is 0 Å². The molecule has 5 heteroatoms. The van der Waals surface area contributed by atoms with Gasteiger partial charge in [0, 0.05) is 5.69 Å². The summed E-state index contributed by atoms with van der Waals surface area (Å²) in [6.45, 7) is 5.48. The number of anilines is 2. The van der Waals surface area contributed by atoms with Crippen molar-refractivity contribution in [2.75, 3.05) is 17.7 Å². The molecule has 0 atom stereocenters. The number of rotatable bonds is 3. The van der Waals surface area contributed by atoms with Gasteiger partial charge in [0.05, 0.1) is 11.3 Å². The van der Waals surface area contributed by atoms with Crippen molar-refractivity contribution in [1.29, 1.82) is 0 Å². The number of hydrogen-bond donors (Lipinski definition) is 2. The van der Waals surface area contributed by atoms with Gasteiger partial charge in [0.1, 0.15) is 12.4 Å². The van der Waals surface area contributed by atoms with Crippen LogP contribution in [0.15, 0.2) is 18.2 Å². The molecule has 0 aliphatic heterocycles. The zero-order chi connectivity index (χ0) is 13.1. The lowest BCUT2D eigenvalue weighted by atomic mass is 10.2. The molecular formula is C12H17FN2O2. The normalized spacial score (nSPS) is 11.3. The molecule has 4 nitrogen and oxygen atoms in total. The molecule has 17 heavy (non-hydrogen) atoms. The van der Waals surface area contributed by atoms with E-state index in [4.69, 9.17) is 10.5 Å². The number of nitrogens with two attached hydrogens (primary N) is 1. The van der Waals surface area contributed by atoms with Crippen LogP contribution in [0.1, 0.15) is 20.8 Å². The predicted molar refractivity (Wildman–Crippen MR) is 65.1 cm³/mol. The summed E-state index contributed by atoms with van der Waals surface area (Å²) in [5, 5.41) is 2.52. The molecule has 3 N–H and O–H groups in total. The van der Waals surface area contributed by atoms with Crippen LogP contribution in [0, 0.1) is 5.82 Å². The summed E-state index contributed by atoms with van der Waals surface area (Å²) < 4.78 is 18.4. The highest BCUT2D eigenvalue weighted by Gasteiger charge is 2.13. The van der Waals surface area contributed by atoms with Crippen molar-refractivity contribution in [2.24, 2.45) is 0 Å². The van der Waals surface area contributed by atoms with E-state index in [-0.39, 0.29) is 23.8 Å². The molecule has 0 aliphatic carbocycles. The molecule has 0 saturated heterocycles. The maximum atomic E-state index is 13.1. The highest BCUT2D eigenvalue weighted by Crippen LogP contribution is 2.16. The van der Waals surface area contributed by atoms with Crippen LogP contribution in [0.5, 0.6) is 0 Å². The van der Waals surface area contributed by atoms with Crippen LogP contribution in [-0.2, 0) is 9.53 Å². The molecule has 1 aromatic rings. The van der Waals surface area contributed by atoms with Crippen molar-refractivity contribution in [1.82, 2.24) is 0 Å². The smallest absolute Gasteiger partial charge is 0.250 e. The lowest BCUT2D eigenvalue weighted by molar-refractivity contribution is -0.125. The van der Waals surface area contributed by atoms with Crippen molar-refractivity contribution < 1.29 is 13.9 Å². The number of hydrogen-bond acceptors (Lipinski definition) is 3. The average molecular weight is 240 g/mol. The molecule has 1 rings (SSSR count). The zero-order valence-electron chi connectivity index (χ0n) is 10.2. The number of nitrogen functional groups attached to an aromatic ring is 1. The Morgan fingerprint density at radius 1 is 1.47 bits per heavy atom. The van der Waals surface area contributed by atoms with E-state index in [1.807, 2.05) is 20.8 Å². The van der Waals surface area contributed by atoms with Gasteiger partial charge in [0.15, 0.2) is 0 Å². The maximum absolute atomic E-state index is 13.1. The number of nitrogens with one attached hydrogen (secondary N) is 1. The van der Waals surface area contributed by atoms with Gasteiger partial charge in [-0.3, -0.25) is 4.79 Å². The quantitative estimate of drug-likeness (QED) is 0.796. The van der Waals surface area contributed by atoms with E-state index in [9.17, 15) is 9.18 Å². The molecular weight excluding hydrogens is 223 g/mol. The molecule has 0 radical (unpaired) electrons. The second-order valence-corrected chi connectivity index (χ2v) is 4.69. The summed E-state index contributed by atoms with van der Waals surface area (Å²) in [6.07, 6.45) is 0. The van der Waals surface area contributed by atoms with E-state index in [1.54, 1.807) is 0 Å². The van der Waals surface area contributed by atoms with Crippen molar-refractivity contribution in [3.05, 3.63) is 24.0 Å². The zero-order valence-corrected chi connectivity index (χ0v) is 10.2. The van der Waals surface area contributed by atoms with E-state index >= 15 is 0 Å². The fourth-order valence-electron chi connectivity index (χ4n) is 1.08. The van der Waals surface area contributed by atoms with Crippen molar-refractivity contribution in [3.63, 3.8) is 0 Å². The Kier molecular flexibility index (Phi) is 4.07. The van der Waals surface area contributed by atoms with Crippen molar-refractivity contribution in [2.45, 2.75) is 26.4 Å². The number of carbonyl (C=O) groups excluding carboxylic acids is 1. The van der Waals surface area contributed by atoms with Crippen LogP contribution in [-0.4, -0.2) is 18.1 Å². The molecule has 1 aromatic carbocycles. The minimum atomic E-state index is -0.556. The Hall–Kier alpha value is -1.62. The number of halogens is 1. The Bertz CT molecular complexity index is 413. The highest BCUT2D eigenvalue weighted by atomic mass is 19.1. The minimum absolute atomic E-state index is 0.0499. The number of carbonyl (C=O) groups is 1. The number of ether oxygens (including phenoxy) is 1.